The third-order valence-corrected chi connectivity index (χ3v) is 3.27. The molecule has 0 saturated carbocycles. The predicted molar refractivity (Wildman–Crippen MR) is 122 cm³/mol. The maximum atomic E-state index is 10.9. The number of nitrogens with two attached hydrogens (primary N) is 1. The van der Waals surface area contributed by atoms with Gasteiger partial charge >= 0.3 is 0 Å². The summed E-state index contributed by atoms with van der Waals surface area (Å²) in [4.78, 5) is 3.14. The normalized spacial score (nSPS) is 9.04. The first-order valence-corrected chi connectivity index (χ1v) is 9.26. The highest BCUT2D eigenvalue weighted by Gasteiger charge is 2.08. The highest BCUT2D eigenvalue weighted by Crippen LogP contribution is 2.28. The number of nitrogen functional groups attached to an aromatic ring is 1. The minimum absolute atomic E-state index is 0.225. The quantitative estimate of drug-likeness (QED) is 0.440. The Morgan fingerprint density at radius 3 is 1.96 bits per heavy atom. The summed E-state index contributed by atoms with van der Waals surface area (Å²) in [5.41, 5.74) is 12.9. The van der Waals surface area contributed by atoms with Crippen molar-refractivity contribution >= 4 is 17.7 Å². The molecule has 0 aliphatic heterocycles. The number of anilines is 1. The monoisotopic (exact) mass is 370 g/mol. The van der Waals surface area contributed by atoms with Crippen LogP contribution in [-0.4, -0.2) is 6.47 Å². The second kappa shape index (κ2) is 15.6. The third kappa shape index (κ3) is 10.1. The molecule has 0 unspecified atom stereocenters. The van der Waals surface area contributed by atoms with Crippen molar-refractivity contribution in [2.75, 3.05) is 5.73 Å². The summed E-state index contributed by atoms with van der Waals surface area (Å²) in [5, 5.41) is 0. The molecule has 27 heavy (non-hydrogen) atoms. The van der Waals surface area contributed by atoms with E-state index in [0.29, 0.717) is 5.70 Å². The van der Waals surface area contributed by atoms with Crippen LogP contribution in [0.4, 0.5) is 10.1 Å². The van der Waals surface area contributed by atoms with Gasteiger partial charge in [0.1, 0.15) is 0 Å². The standard InChI is InChI=1S/C16H17N.C4H6FN.2C2H6/c1-11-8-9-12(2)15(10-11)13(3)14-6-4-5-7-16(14)17;1-4(2)6-3-5;2*1-2/h4-10H,3,17H2,1-2H3;3H,1H2,2H3;2*1-2H3. The van der Waals surface area contributed by atoms with Crippen LogP contribution in [0.15, 0.2) is 66.3 Å². The van der Waals surface area contributed by atoms with Gasteiger partial charge in [0.2, 0.25) is 0 Å². The second-order valence-corrected chi connectivity index (χ2v) is 5.35. The molecule has 0 saturated heterocycles. The van der Waals surface area contributed by atoms with Gasteiger partial charge in [-0.25, -0.2) is 4.99 Å². The van der Waals surface area contributed by atoms with Crippen LogP contribution in [0, 0.1) is 13.8 Å². The Morgan fingerprint density at radius 2 is 1.52 bits per heavy atom. The first-order valence-electron chi connectivity index (χ1n) is 9.26. The summed E-state index contributed by atoms with van der Waals surface area (Å²) in [7, 11) is 0. The zero-order chi connectivity index (χ0) is 21.4. The van der Waals surface area contributed by atoms with Crippen LogP contribution < -0.4 is 5.73 Å². The van der Waals surface area contributed by atoms with Crippen molar-refractivity contribution in [1.82, 2.24) is 0 Å². The van der Waals surface area contributed by atoms with Gasteiger partial charge in [-0.3, -0.25) is 0 Å². The number of aliphatic imine (C=N–C) groups is 1. The van der Waals surface area contributed by atoms with E-state index in [1.54, 1.807) is 6.92 Å². The lowest BCUT2D eigenvalue weighted by Gasteiger charge is -2.12. The maximum absolute atomic E-state index is 10.9. The summed E-state index contributed by atoms with van der Waals surface area (Å²) >= 11 is 0. The molecule has 3 heteroatoms. The smallest absolute Gasteiger partial charge is 0.175 e. The van der Waals surface area contributed by atoms with E-state index in [2.05, 4.69) is 50.2 Å². The molecule has 0 heterocycles. The Bertz CT molecular complexity index is 731. The second-order valence-electron chi connectivity index (χ2n) is 5.35. The van der Waals surface area contributed by atoms with Gasteiger partial charge in [0, 0.05) is 16.9 Å². The van der Waals surface area contributed by atoms with Crippen molar-refractivity contribution in [3.8, 4) is 0 Å². The summed E-state index contributed by atoms with van der Waals surface area (Å²) in [6.07, 6.45) is 0. The van der Waals surface area contributed by atoms with Gasteiger partial charge in [-0.1, -0.05) is 82.8 Å². The number of allylic oxidation sites excluding steroid dienone is 1. The van der Waals surface area contributed by atoms with Gasteiger partial charge in [0.15, 0.2) is 6.47 Å². The lowest BCUT2D eigenvalue weighted by Crippen LogP contribution is -1.96. The molecule has 0 bridgehead atoms. The van der Waals surface area contributed by atoms with E-state index in [1.165, 1.54) is 16.7 Å². The molecular formula is C24H35FN2. The minimum Gasteiger partial charge on any atom is -0.398 e. The molecule has 0 radical (unpaired) electrons. The number of halogens is 1. The number of nitrogens with zero attached hydrogens (tertiary/aromatic N) is 1. The third-order valence-electron chi connectivity index (χ3n) is 3.27. The minimum atomic E-state index is 0.225. The Balaban J connectivity index is 0. The molecular weight excluding hydrogens is 335 g/mol. The number of para-hydroxylation sites is 1. The Morgan fingerprint density at radius 1 is 0.963 bits per heavy atom. The first kappa shape index (κ1) is 26.5. The van der Waals surface area contributed by atoms with Crippen LogP contribution >= 0.6 is 0 Å². The summed E-state index contributed by atoms with van der Waals surface area (Å²) in [6.45, 7) is 21.5. The van der Waals surface area contributed by atoms with E-state index in [4.69, 9.17) is 5.73 Å². The van der Waals surface area contributed by atoms with Crippen LogP contribution in [-0.2, 0) is 0 Å². The molecule has 2 rings (SSSR count). The number of hydrogen-bond donors (Lipinski definition) is 1. The van der Waals surface area contributed by atoms with Crippen molar-refractivity contribution in [1.29, 1.82) is 0 Å². The fourth-order valence-electron chi connectivity index (χ4n) is 2.06. The van der Waals surface area contributed by atoms with E-state index in [0.717, 1.165) is 16.8 Å². The van der Waals surface area contributed by atoms with E-state index < -0.39 is 0 Å². The molecule has 0 aliphatic carbocycles. The molecule has 0 aliphatic rings. The van der Waals surface area contributed by atoms with E-state index in [1.807, 2.05) is 52.0 Å². The van der Waals surface area contributed by atoms with E-state index >= 15 is 0 Å². The molecule has 0 fully saturated rings. The topological polar surface area (TPSA) is 38.4 Å². The molecule has 2 aromatic carbocycles. The van der Waals surface area contributed by atoms with Crippen LogP contribution in [0.1, 0.15) is 56.9 Å². The summed E-state index contributed by atoms with van der Waals surface area (Å²) in [5.74, 6) is 0. The van der Waals surface area contributed by atoms with Gasteiger partial charge in [0.05, 0.1) is 0 Å². The number of aryl methyl sites for hydroxylation is 2. The molecule has 2 aromatic rings. The maximum Gasteiger partial charge on any atom is 0.175 e. The SMILES string of the molecule is C=C(C)N=CF.C=C(c1cc(C)ccc1C)c1ccccc1N.CC.CC. The largest absolute Gasteiger partial charge is 0.398 e. The van der Waals surface area contributed by atoms with E-state index in [-0.39, 0.29) is 6.47 Å². The van der Waals surface area contributed by atoms with Gasteiger partial charge in [-0.05, 0) is 43.5 Å². The van der Waals surface area contributed by atoms with Crippen molar-refractivity contribution in [2.24, 2.45) is 4.99 Å². The van der Waals surface area contributed by atoms with Gasteiger partial charge in [-0.15, -0.1) is 0 Å². The Hall–Kier alpha value is -2.68. The molecule has 0 amide bonds. The average Bonchev–Trinajstić information content (AvgIpc) is 2.67. The van der Waals surface area contributed by atoms with Gasteiger partial charge < -0.3 is 5.73 Å². The highest BCUT2D eigenvalue weighted by molar-refractivity contribution is 5.85. The first-order chi connectivity index (χ1) is 12.9. The molecule has 148 valence electrons. The van der Waals surface area contributed by atoms with Crippen LogP contribution in [0.2, 0.25) is 0 Å². The number of benzene rings is 2. The van der Waals surface area contributed by atoms with Crippen LogP contribution in [0.5, 0.6) is 0 Å². The zero-order valence-electron chi connectivity index (χ0n) is 17.9. The molecule has 2 N–H and O–H groups in total. The zero-order valence-corrected chi connectivity index (χ0v) is 17.9. The lowest BCUT2D eigenvalue weighted by atomic mass is 9.93. The fourth-order valence-corrected chi connectivity index (χ4v) is 2.06. The van der Waals surface area contributed by atoms with Gasteiger partial charge in [-0.2, -0.15) is 4.39 Å². The van der Waals surface area contributed by atoms with Gasteiger partial charge in [0.25, 0.3) is 0 Å². The molecule has 0 aromatic heterocycles. The Kier molecular flexibility index (Phi) is 15.3. The van der Waals surface area contributed by atoms with Crippen molar-refractivity contribution < 1.29 is 4.39 Å². The Labute approximate surface area is 165 Å². The summed E-state index contributed by atoms with van der Waals surface area (Å²) < 4.78 is 10.9. The molecule has 0 spiro atoms. The number of rotatable bonds is 3. The van der Waals surface area contributed by atoms with Crippen molar-refractivity contribution in [3.63, 3.8) is 0 Å². The fraction of sp³-hybridized carbons (Fsp3) is 0.292. The van der Waals surface area contributed by atoms with Crippen LogP contribution in [0.25, 0.3) is 5.57 Å². The summed E-state index contributed by atoms with van der Waals surface area (Å²) in [6, 6.07) is 14.2. The lowest BCUT2D eigenvalue weighted by molar-refractivity contribution is 0.838. The molecule has 0 atom stereocenters. The molecule has 2 nitrogen and oxygen atoms in total. The van der Waals surface area contributed by atoms with Crippen LogP contribution in [0.3, 0.4) is 0 Å². The van der Waals surface area contributed by atoms with Crippen molar-refractivity contribution in [2.45, 2.75) is 48.5 Å². The highest BCUT2D eigenvalue weighted by atomic mass is 19.1. The van der Waals surface area contributed by atoms with E-state index in [9.17, 15) is 4.39 Å². The number of hydrogen-bond acceptors (Lipinski definition) is 2. The predicted octanol–water partition coefficient (Wildman–Crippen LogP) is 7.52. The average molecular weight is 371 g/mol. The van der Waals surface area contributed by atoms with Crippen molar-refractivity contribution in [3.05, 3.63) is 83.6 Å².